The van der Waals surface area contributed by atoms with Crippen molar-refractivity contribution >= 4 is 17.7 Å². The van der Waals surface area contributed by atoms with Crippen LogP contribution in [0.4, 0.5) is 13.2 Å². The smallest absolute Gasteiger partial charge is 0.385 e. The molecule has 3 amide bonds. The van der Waals surface area contributed by atoms with Gasteiger partial charge in [-0.3, -0.25) is 19.3 Å². The molecule has 1 saturated carbocycles. The van der Waals surface area contributed by atoms with Gasteiger partial charge in [-0.05, 0) is 87.3 Å². The molecule has 0 aromatic heterocycles. The molecule has 2 heterocycles. The fourth-order valence-electron chi connectivity index (χ4n) is 6.63. The van der Waals surface area contributed by atoms with Crippen LogP contribution in [0.2, 0.25) is 0 Å². The van der Waals surface area contributed by atoms with Gasteiger partial charge >= 0.3 is 6.18 Å². The van der Waals surface area contributed by atoms with Crippen LogP contribution in [-0.4, -0.2) is 77.4 Å². The zero-order valence-corrected chi connectivity index (χ0v) is 24.4. The number of hydrogen-bond donors (Lipinski definition) is 3. The van der Waals surface area contributed by atoms with Crippen LogP contribution < -0.4 is 10.6 Å². The van der Waals surface area contributed by atoms with Crippen molar-refractivity contribution in [3.8, 4) is 0 Å². The predicted octanol–water partition coefficient (Wildman–Crippen LogP) is 4.00. The Labute approximate surface area is 249 Å². The Hall–Kier alpha value is -3.44. The molecule has 2 aromatic carbocycles. The standard InChI is InChI=1S/C32H39F3N4O4/c1-21-17-23(7-8-27(21)30(42)38-14-2-3-15-38)31(43)12-9-26(10-13-31)39-16-11-25(20-39)37-28(40)19-36-29(41)22-5-4-6-24(18-22)32(33,34)35/h4-8,17-18,25-26,43H,2-3,9-16,19-20H2,1H3,(H,36,41)(H,37,40)/t25-,26?,31?/m1/s1. The Kier molecular flexibility index (Phi) is 9.12. The van der Waals surface area contributed by atoms with Crippen molar-refractivity contribution in [3.63, 3.8) is 0 Å². The van der Waals surface area contributed by atoms with E-state index in [1.54, 1.807) is 0 Å². The van der Waals surface area contributed by atoms with Gasteiger partial charge in [0.25, 0.3) is 11.8 Å². The van der Waals surface area contributed by atoms with E-state index in [9.17, 15) is 32.7 Å². The molecule has 2 saturated heterocycles. The van der Waals surface area contributed by atoms with Crippen LogP contribution in [-0.2, 0) is 16.6 Å². The number of carbonyl (C=O) groups excluding carboxylic acids is 3. The summed E-state index contributed by atoms with van der Waals surface area (Å²) in [5.41, 5.74) is 0.405. The zero-order valence-electron chi connectivity index (χ0n) is 24.4. The van der Waals surface area contributed by atoms with Gasteiger partial charge in [-0.25, -0.2) is 0 Å². The van der Waals surface area contributed by atoms with Gasteiger partial charge in [-0.15, -0.1) is 0 Å². The molecule has 11 heteroatoms. The van der Waals surface area contributed by atoms with Crippen molar-refractivity contribution in [2.75, 3.05) is 32.7 Å². The van der Waals surface area contributed by atoms with Crippen molar-refractivity contribution < 1.29 is 32.7 Å². The molecule has 2 aliphatic heterocycles. The number of halogens is 3. The SMILES string of the molecule is Cc1cc(C2(O)CCC(N3CC[C@@H](NC(=O)CNC(=O)c4cccc(C(F)(F)F)c4)C3)CC2)ccc1C(=O)N1CCCC1. The maximum atomic E-state index is 12.9. The van der Waals surface area contributed by atoms with Crippen LogP contribution in [0.5, 0.6) is 0 Å². The monoisotopic (exact) mass is 600 g/mol. The maximum absolute atomic E-state index is 12.9. The lowest BCUT2D eigenvalue weighted by Crippen LogP contribution is -2.45. The summed E-state index contributed by atoms with van der Waals surface area (Å²) in [4.78, 5) is 41.9. The van der Waals surface area contributed by atoms with Crippen molar-refractivity contribution in [3.05, 3.63) is 70.3 Å². The number of carbonyl (C=O) groups is 3. The van der Waals surface area contributed by atoms with Gasteiger partial charge < -0.3 is 20.6 Å². The molecule has 3 N–H and O–H groups in total. The van der Waals surface area contributed by atoms with Crippen LogP contribution in [0, 0.1) is 6.92 Å². The Morgan fingerprint density at radius 3 is 2.40 bits per heavy atom. The zero-order chi connectivity index (χ0) is 30.8. The van der Waals surface area contributed by atoms with Crippen LogP contribution >= 0.6 is 0 Å². The average molecular weight is 601 g/mol. The topological polar surface area (TPSA) is 102 Å². The first-order chi connectivity index (χ1) is 20.4. The van der Waals surface area contributed by atoms with E-state index < -0.39 is 29.2 Å². The number of nitrogens with one attached hydrogen (secondary N) is 2. The number of rotatable bonds is 7. The highest BCUT2D eigenvalue weighted by atomic mass is 19.4. The second-order valence-corrected chi connectivity index (χ2v) is 12.1. The van der Waals surface area contributed by atoms with Gasteiger partial charge in [0, 0.05) is 49.4 Å². The number of likely N-dealkylation sites (tertiary alicyclic amines) is 2. The summed E-state index contributed by atoms with van der Waals surface area (Å²) in [5, 5.41) is 16.8. The lowest BCUT2D eigenvalue weighted by Gasteiger charge is -2.40. The molecule has 232 valence electrons. The Morgan fingerprint density at radius 1 is 1.00 bits per heavy atom. The number of aliphatic hydroxyl groups is 1. The lowest BCUT2D eigenvalue weighted by atomic mass is 9.76. The van der Waals surface area contributed by atoms with Crippen molar-refractivity contribution in [2.24, 2.45) is 0 Å². The minimum atomic E-state index is -4.56. The number of nitrogens with zero attached hydrogens (tertiary/aromatic N) is 2. The molecule has 43 heavy (non-hydrogen) atoms. The van der Waals surface area contributed by atoms with E-state index in [1.807, 2.05) is 30.0 Å². The molecule has 8 nitrogen and oxygen atoms in total. The van der Waals surface area contributed by atoms with Gasteiger partial charge in [0.15, 0.2) is 0 Å². The highest BCUT2D eigenvalue weighted by Crippen LogP contribution is 2.40. The summed E-state index contributed by atoms with van der Waals surface area (Å²) >= 11 is 0. The summed E-state index contributed by atoms with van der Waals surface area (Å²) in [6.45, 7) is 4.65. The van der Waals surface area contributed by atoms with E-state index in [4.69, 9.17) is 0 Å². The summed E-state index contributed by atoms with van der Waals surface area (Å²) in [7, 11) is 0. The number of alkyl halides is 3. The van der Waals surface area contributed by atoms with E-state index in [1.165, 1.54) is 6.07 Å². The summed E-state index contributed by atoms with van der Waals surface area (Å²) in [5.74, 6) is -1.08. The molecule has 5 rings (SSSR count). The fraction of sp³-hybridized carbons (Fsp3) is 0.531. The summed E-state index contributed by atoms with van der Waals surface area (Å²) in [6.07, 6.45) is 1.08. The number of aryl methyl sites for hydroxylation is 1. The van der Waals surface area contributed by atoms with Crippen LogP contribution in [0.25, 0.3) is 0 Å². The molecule has 0 spiro atoms. The molecule has 2 aromatic rings. The number of benzene rings is 2. The molecule has 1 aliphatic carbocycles. The van der Waals surface area contributed by atoms with Crippen LogP contribution in [0.15, 0.2) is 42.5 Å². The van der Waals surface area contributed by atoms with E-state index >= 15 is 0 Å². The molecule has 0 radical (unpaired) electrons. The molecular formula is C32H39F3N4O4. The largest absolute Gasteiger partial charge is 0.416 e. The third-order valence-electron chi connectivity index (χ3n) is 9.13. The van der Waals surface area contributed by atoms with E-state index in [0.29, 0.717) is 24.9 Å². The number of hydrogen-bond acceptors (Lipinski definition) is 5. The van der Waals surface area contributed by atoms with Crippen LogP contribution in [0.1, 0.15) is 82.4 Å². The quantitative estimate of drug-likeness (QED) is 0.446. The minimum absolute atomic E-state index is 0.0611. The molecular weight excluding hydrogens is 561 g/mol. The van der Waals surface area contributed by atoms with Crippen molar-refractivity contribution in [1.82, 2.24) is 20.4 Å². The lowest BCUT2D eigenvalue weighted by molar-refractivity contribution is -0.137. The van der Waals surface area contributed by atoms with Crippen LogP contribution in [0.3, 0.4) is 0 Å². The minimum Gasteiger partial charge on any atom is -0.385 e. The highest BCUT2D eigenvalue weighted by Gasteiger charge is 2.39. The van der Waals surface area contributed by atoms with Crippen molar-refractivity contribution in [1.29, 1.82) is 0 Å². The van der Waals surface area contributed by atoms with E-state index in [0.717, 1.165) is 81.1 Å². The second kappa shape index (κ2) is 12.7. The van der Waals surface area contributed by atoms with E-state index in [2.05, 4.69) is 15.5 Å². The van der Waals surface area contributed by atoms with Gasteiger partial charge in [0.1, 0.15) is 0 Å². The average Bonchev–Trinajstić information content (AvgIpc) is 3.69. The van der Waals surface area contributed by atoms with E-state index in [-0.39, 0.29) is 30.1 Å². The highest BCUT2D eigenvalue weighted by molar-refractivity contribution is 5.97. The first-order valence-electron chi connectivity index (χ1n) is 15.0. The number of amides is 3. The fourth-order valence-corrected chi connectivity index (χ4v) is 6.63. The first kappa shape index (κ1) is 31.0. The Balaban J connectivity index is 1.07. The molecule has 1 atom stereocenters. The van der Waals surface area contributed by atoms with Gasteiger partial charge in [-0.2, -0.15) is 13.2 Å². The Morgan fingerprint density at radius 2 is 1.72 bits per heavy atom. The van der Waals surface area contributed by atoms with Crippen molar-refractivity contribution in [2.45, 2.75) is 75.7 Å². The first-order valence-corrected chi connectivity index (χ1v) is 15.0. The summed E-state index contributed by atoms with van der Waals surface area (Å²) < 4.78 is 38.8. The van der Waals surface area contributed by atoms with Gasteiger partial charge in [-0.1, -0.05) is 18.2 Å². The molecule has 0 unspecified atom stereocenters. The third-order valence-corrected chi connectivity index (χ3v) is 9.13. The molecule has 3 aliphatic rings. The molecule has 0 bridgehead atoms. The summed E-state index contributed by atoms with van der Waals surface area (Å²) in [6, 6.07) is 9.97. The maximum Gasteiger partial charge on any atom is 0.416 e. The normalized spacial score (nSPS) is 24.6. The third kappa shape index (κ3) is 7.21. The second-order valence-electron chi connectivity index (χ2n) is 12.1. The predicted molar refractivity (Wildman–Crippen MR) is 154 cm³/mol. The molecule has 3 fully saturated rings. The van der Waals surface area contributed by atoms with Gasteiger partial charge in [0.2, 0.25) is 5.91 Å². The Bertz CT molecular complexity index is 1350. The van der Waals surface area contributed by atoms with Gasteiger partial charge in [0.05, 0.1) is 17.7 Å².